The molecule has 0 aromatic heterocycles. The van der Waals surface area contributed by atoms with E-state index in [4.69, 9.17) is 0 Å². The molecule has 3 N–H and O–H groups in total. The molecule has 8 saturated carbocycles. The molecule has 0 unspecified atom stereocenters. The third-order valence-electron chi connectivity index (χ3n) is 19.7. The molecule has 0 aromatic carbocycles. The molecule has 0 atom stereocenters. The zero-order valence-electron chi connectivity index (χ0n) is 65.6. The fourth-order valence-corrected chi connectivity index (χ4v) is 12.4. The molecule has 8 aliphatic carbocycles. The van der Waals surface area contributed by atoms with Crippen molar-refractivity contribution in [2.45, 2.75) is 351 Å². The first kappa shape index (κ1) is 94.2. The second kappa shape index (κ2) is 59.3. The van der Waals surface area contributed by atoms with E-state index in [0.717, 1.165) is 138 Å². The highest BCUT2D eigenvalue weighted by molar-refractivity contribution is 5.81. The van der Waals surface area contributed by atoms with Gasteiger partial charge in [0, 0.05) is 95.4 Å². The van der Waals surface area contributed by atoms with Crippen LogP contribution in [-0.2, 0) is 28.8 Å². The molecule has 0 bridgehead atoms. The number of amides is 6. The van der Waals surface area contributed by atoms with Gasteiger partial charge in [0.05, 0.1) is 0 Å². The number of nitrogens with zero attached hydrogens (tertiary/aromatic N) is 3. The summed E-state index contributed by atoms with van der Waals surface area (Å²) in [5, 5.41) is 9.14. The number of hydrogen-bond donors (Lipinski definition) is 3. The van der Waals surface area contributed by atoms with Crippen LogP contribution in [-0.4, -0.2) is 110 Å². The van der Waals surface area contributed by atoms with Crippen molar-refractivity contribution >= 4 is 35.4 Å². The summed E-state index contributed by atoms with van der Waals surface area (Å²) < 4.78 is 0. The smallest absolute Gasteiger partial charge is 0.225 e. The minimum absolute atomic E-state index is 0.268. The molecule has 12 nitrogen and oxygen atoms in total. The Morgan fingerprint density at radius 1 is 0.352 bits per heavy atom. The zero-order chi connectivity index (χ0) is 70.6. The second-order valence-corrected chi connectivity index (χ2v) is 27.6. The van der Waals surface area contributed by atoms with E-state index in [1.54, 1.807) is 4.90 Å². The topological polar surface area (TPSA) is 148 Å². The molecule has 12 heteroatoms. The van der Waals surface area contributed by atoms with E-state index in [2.05, 4.69) is 71.3 Å². The molecule has 0 aromatic rings. The van der Waals surface area contributed by atoms with Crippen LogP contribution < -0.4 is 16.0 Å². The van der Waals surface area contributed by atoms with Crippen LogP contribution in [0.5, 0.6) is 0 Å². The third kappa shape index (κ3) is 43.5. The Morgan fingerprint density at radius 2 is 0.626 bits per heavy atom. The summed E-state index contributed by atoms with van der Waals surface area (Å²) in [6.07, 6.45) is 34.3. The Bertz CT molecular complexity index is 1720. The van der Waals surface area contributed by atoms with Gasteiger partial charge in [-0.2, -0.15) is 0 Å². The van der Waals surface area contributed by atoms with E-state index in [0.29, 0.717) is 77.1 Å². The van der Waals surface area contributed by atoms with Crippen molar-refractivity contribution in [3.05, 3.63) is 0 Å². The van der Waals surface area contributed by atoms with E-state index < -0.39 is 0 Å². The minimum atomic E-state index is 0.268. The average Bonchev–Trinajstić information content (AvgIpc) is 4.48. The van der Waals surface area contributed by atoms with Crippen molar-refractivity contribution in [1.29, 1.82) is 0 Å². The Morgan fingerprint density at radius 3 is 0.879 bits per heavy atom. The summed E-state index contributed by atoms with van der Waals surface area (Å²) >= 11 is 0. The summed E-state index contributed by atoms with van der Waals surface area (Å²) in [6, 6.07) is 0.851. The Balaban J connectivity index is -0.000000483. The molecule has 0 spiro atoms. The van der Waals surface area contributed by atoms with Gasteiger partial charge in [-0.25, -0.2) is 0 Å². The maximum Gasteiger partial charge on any atom is 0.225 e. The molecule has 0 radical (unpaired) electrons. The molecule has 0 heterocycles. The SMILES string of the molecule is CC.CC.CC.CC.CC.CC.CC1CCC(C(=O)N(C)C(C)C)CC1.CC1CCC(C(=O)N(C)C)CC1.CC1CCC(C(=O)NC2CCC2)CC1.CC1CCC(C(=O)NCC2CC2)CC1.CCN(C)C(=O)C1CCC(C)CC1.CCNC(=O)C1CCC(C)CC1. The van der Waals surface area contributed by atoms with Crippen molar-refractivity contribution < 1.29 is 28.8 Å². The predicted octanol–water partition coefficient (Wildman–Crippen LogP) is 19.8. The van der Waals surface area contributed by atoms with Crippen molar-refractivity contribution in [3.8, 4) is 0 Å². The van der Waals surface area contributed by atoms with Gasteiger partial charge < -0.3 is 30.7 Å². The van der Waals surface area contributed by atoms with Crippen molar-refractivity contribution in [2.24, 2.45) is 76.9 Å². The standard InChI is InChI=1S/2C12H21NO.C12H23NO.C11H21NO.2C10H19NO.6C2H6/c1-9-2-6-11(7-3-9)12(14)13-8-10-4-5-10;1-9-5-7-10(8-6-9)12(14)13-11-3-2-4-11;1-9(2)13(4)12(14)11-7-5-10(3)6-8-11;1-4-12(3)11(13)10-7-5-9(2)6-8-10;1-8-4-6-9(7-5-8)10(12)11(2)3;1-3-11-10(12)9-6-4-8(2)5-7-9;6*1-2/h2*9-11H,2-8H2,1H3,(H,13,14);9-11H,5-8H2,1-4H3;9-10H,4-8H2,1-3H3;8-9H,4-7H2,1-3H3;8-9H,3-7H2,1-2H3,(H,11,12);6*1-2H3. The summed E-state index contributed by atoms with van der Waals surface area (Å²) in [5.41, 5.74) is 0. The maximum absolute atomic E-state index is 12.0. The third-order valence-corrected chi connectivity index (χ3v) is 19.7. The highest BCUT2D eigenvalue weighted by Gasteiger charge is 2.31. The normalized spacial score (nSPS) is 26.8. The average molecular weight is 1290 g/mol. The highest BCUT2D eigenvalue weighted by Crippen LogP contribution is 2.34. The van der Waals surface area contributed by atoms with Crippen molar-refractivity contribution in [3.63, 3.8) is 0 Å². The van der Waals surface area contributed by atoms with Gasteiger partial charge in [0.25, 0.3) is 0 Å². The molecular weight excluding hydrogens is 1130 g/mol. The monoisotopic (exact) mass is 1290 g/mol. The molecular formula is C79H160N6O6. The van der Waals surface area contributed by atoms with E-state index in [1.807, 2.05) is 135 Å². The van der Waals surface area contributed by atoms with E-state index >= 15 is 0 Å². The van der Waals surface area contributed by atoms with Crippen LogP contribution in [0.25, 0.3) is 0 Å². The number of rotatable bonds is 12. The van der Waals surface area contributed by atoms with Gasteiger partial charge >= 0.3 is 0 Å². The summed E-state index contributed by atoms with van der Waals surface area (Å²) in [4.78, 5) is 75.6. The zero-order valence-corrected chi connectivity index (χ0v) is 65.6. The largest absolute Gasteiger partial charge is 0.356 e. The van der Waals surface area contributed by atoms with Crippen molar-refractivity contribution in [2.75, 3.05) is 47.8 Å². The molecule has 0 saturated heterocycles. The number of carbonyl (C=O) groups excluding carboxylic acids is 6. The lowest BCUT2D eigenvalue weighted by Crippen LogP contribution is -2.43. The summed E-state index contributed by atoms with van der Waals surface area (Å²) in [6.45, 7) is 48.4. The van der Waals surface area contributed by atoms with Gasteiger partial charge in [0.1, 0.15) is 0 Å². The first-order chi connectivity index (χ1) is 43.5. The van der Waals surface area contributed by atoms with Gasteiger partial charge in [-0.3, -0.25) is 28.8 Å². The van der Waals surface area contributed by atoms with E-state index in [9.17, 15) is 28.8 Å². The van der Waals surface area contributed by atoms with E-state index in [-0.39, 0.29) is 5.91 Å². The molecule has 0 aliphatic heterocycles. The lowest BCUT2D eigenvalue weighted by molar-refractivity contribution is -0.137. The molecule has 8 fully saturated rings. The van der Waals surface area contributed by atoms with Gasteiger partial charge in [-0.1, -0.05) is 125 Å². The first-order valence-corrected chi connectivity index (χ1v) is 39.1. The van der Waals surface area contributed by atoms with E-state index in [1.165, 1.54) is 109 Å². The number of hydrogen-bond acceptors (Lipinski definition) is 6. The quantitative estimate of drug-likeness (QED) is 0.177. The van der Waals surface area contributed by atoms with Gasteiger partial charge in [0.2, 0.25) is 35.4 Å². The Labute approximate surface area is 567 Å². The molecule has 542 valence electrons. The van der Waals surface area contributed by atoms with Crippen LogP contribution in [0.4, 0.5) is 0 Å². The van der Waals surface area contributed by atoms with Crippen molar-refractivity contribution in [1.82, 2.24) is 30.7 Å². The van der Waals surface area contributed by atoms with Crippen LogP contribution in [0.3, 0.4) is 0 Å². The maximum atomic E-state index is 12.0. The van der Waals surface area contributed by atoms with Gasteiger partial charge in [-0.05, 0) is 255 Å². The summed E-state index contributed by atoms with van der Waals surface area (Å²) in [5.74, 6) is 9.64. The van der Waals surface area contributed by atoms with Crippen LogP contribution in [0, 0.1) is 76.9 Å². The van der Waals surface area contributed by atoms with Crippen LogP contribution in [0.1, 0.15) is 339 Å². The van der Waals surface area contributed by atoms with Gasteiger partial charge in [0.15, 0.2) is 0 Å². The minimum Gasteiger partial charge on any atom is -0.356 e. The highest BCUT2D eigenvalue weighted by atomic mass is 16.2. The van der Waals surface area contributed by atoms with Crippen LogP contribution in [0.2, 0.25) is 0 Å². The predicted molar refractivity (Wildman–Crippen MR) is 395 cm³/mol. The van der Waals surface area contributed by atoms with Gasteiger partial charge in [-0.15, -0.1) is 0 Å². The molecule has 8 rings (SSSR count). The first-order valence-electron chi connectivity index (χ1n) is 39.1. The lowest BCUT2D eigenvalue weighted by atomic mass is 9.82. The van der Waals surface area contributed by atoms with Crippen LogP contribution in [0.15, 0.2) is 0 Å². The fraction of sp³-hybridized carbons (Fsp3) is 0.924. The summed E-state index contributed by atoms with van der Waals surface area (Å²) in [7, 11) is 7.52. The second-order valence-electron chi connectivity index (χ2n) is 27.6. The fourth-order valence-electron chi connectivity index (χ4n) is 12.4. The molecule has 91 heavy (non-hydrogen) atoms. The number of nitrogens with one attached hydrogen (secondary N) is 3. The number of carbonyl (C=O) groups is 6. The molecule has 8 aliphatic rings. The Kier molecular flexibility index (Phi) is 61.4. The Hall–Kier alpha value is -3.18. The lowest BCUT2D eigenvalue weighted by Gasteiger charge is -2.31. The van der Waals surface area contributed by atoms with Crippen LogP contribution >= 0.6 is 0 Å². The molecule has 6 amide bonds.